The summed E-state index contributed by atoms with van der Waals surface area (Å²) >= 11 is 0. The summed E-state index contributed by atoms with van der Waals surface area (Å²) in [6.07, 6.45) is 3.31. The number of rotatable bonds is 3. The van der Waals surface area contributed by atoms with Crippen LogP contribution in [0.1, 0.15) is 61.5 Å². The summed E-state index contributed by atoms with van der Waals surface area (Å²) in [5.41, 5.74) is 2.51. The summed E-state index contributed by atoms with van der Waals surface area (Å²) in [5.74, 6) is 0.595. The zero-order valence-electron chi connectivity index (χ0n) is 11.7. The van der Waals surface area contributed by atoms with Crippen LogP contribution in [-0.4, -0.2) is 28.3 Å². The normalized spacial score (nSPS) is 27.7. The molecule has 0 aromatic carbocycles. The van der Waals surface area contributed by atoms with Crippen molar-refractivity contribution in [2.24, 2.45) is 5.92 Å². The molecule has 1 aliphatic carbocycles. The van der Waals surface area contributed by atoms with Gasteiger partial charge >= 0.3 is 0 Å². The molecule has 1 fully saturated rings. The minimum absolute atomic E-state index is 0.0198. The number of amides is 1. The molecule has 0 radical (unpaired) electrons. The lowest BCUT2D eigenvalue weighted by molar-refractivity contribution is -0.00697. The standard InChI is InChI=1S/C14H21N3O2/c1-7-6-11-12(9(3)19-7)16-17-13(11)14(18)15-8(2)10-4-5-10/h7-10H,4-6H2,1-3H3,(H,15,18)(H,16,17)/t7-,8-,9+/m0/s1. The SMILES string of the molecule is C[C@H](NC(=O)c1n[nH]c2c1C[C@H](C)O[C@@H]2C)C1CC1. The predicted molar refractivity (Wildman–Crippen MR) is 70.9 cm³/mol. The fourth-order valence-corrected chi connectivity index (χ4v) is 2.85. The minimum atomic E-state index is -0.0572. The van der Waals surface area contributed by atoms with E-state index in [1.54, 1.807) is 0 Å². The van der Waals surface area contributed by atoms with Crippen molar-refractivity contribution in [1.82, 2.24) is 15.5 Å². The number of H-pyrrole nitrogens is 1. The molecule has 0 bridgehead atoms. The van der Waals surface area contributed by atoms with Gasteiger partial charge in [0.25, 0.3) is 5.91 Å². The highest BCUT2D eigenvalue weighted by molar-refractivity contribution is 5.94. The molecule has 3 rings (SSSR count). The Kier molecular flexibility index (Phi) is 3.09. The van der Waals surface area contributed by atoms with Crippen molar-refractivity contribution in [2.45, 2.75) is 58.3 Å². The third kappa shape index (κ3) is 2.39. The van der Waals surface area contributed by atoms with Gasteiger partial charge in [-0.3, -0.25) is 9.89 Å². The molecule has 1 aromatic heterocycles. The largest absolute Gasteiger partial charge is 0.369 e. The zero-order valence-corrected chi connectivity index (χ0v) is 11.7. The van der Waals surface area contributed by atoms with Gasteiger partial charge < -0.3 is 10.1 Å². The van der Waals surface area contributed by atoms with Crippen molar-refractivity contribution in [2.75, 3.05) is 0 Å². The smallest absolute Gasteiger partial charge is 0.272 e. The molecule has 2 aliphatic rings. The van der Waals surface area contributed by atoms with E-state index < -0.39 is 0 Å². The van der Waals surface area contributed by atoms with E-state index in [0.29, 0.717) is 11.6 Å². The molecule has 1 aromatic rings. The molecule has 19 heavy (non-hydrogen) atoms. The number of hydrogen-bond donors (Lipinski definition) is 2. The van der Waals surface area contributed by atoms with Crippen LogP contribution in [0.2, 0.25) is 0 Å². The molecular formula is C14H21N3O2. The van der Waals surface area contributed by atoms with Crippen molar-refractivity contribution in [3.8, 4) is 0 Å². The van der Waals surface area contributed by atoms with Crippen LogP contribution in [0, 0.1) is 5.92 Å². The van der Waals surface area contributed by atoms with Crippen molar-refractivity contribution in [3.63, 3.8) is 0 Å². The van der Waals surface area contributed by atoms with Crippen LogP contribution in [0.15, 0.2) is 0 Å². The monoisotopic (exact) mass is 263 g/mol. The summed E-state index contributed by atoms with van der Waals surface area (Å²) in [6.45, 7) is 6.09. The first-order chi connectivity index (χ1) is 9.06. The van der Waals surface area contributed by atoms with Crippen LogP contribution < -0.4 is 5.32 Å². The van der Waals surface area contributed by atoms with Gasteiger partial charge in [0.05, 0.1) is 17.9 Å². The maximum absolute atomic E-state index is 12.3. The van der Waals surface area contributed by atoms with Crippen molar-refractivity contribution < 1.29 is 9.53 Å². The number of fused-ring (bicyclic) bond motifs is 1. The number of carbonyl (C=O) groups excluding carboxylic acids is 1. The van der Waals surface area contributed by atoms with Crippen molar-refractivity contribution >= 4 is 5.91 Å². The summed E-state index contributed by atoms with van der Waals surface area (Å²) in [4.78, 5) is 12.3. The second-order valence-electron chi connectivity index (χ2n) is 5.86. The van der Waals surface area contributed by atoms with Crippen molar-refractivity contribution in [3.05, 3.63) is 17.0 Å². The van der Waals surface area contributed by atoms with Crippen LogP contribution in [0.25, 0.3) is 0 Å². The number of nitrogens with zero attached hydrogens (tertiary/aromatic N) is 1. The Labute approximate surface area is 113 Å². The quantitative estimate of drug-likeness (QED) is 0.876. The van der Waals surface area contributed by atoms with E-state index in [2.05, 4.69) is 22.4 Å². The summed E-state index contributed by atoms with van der Waals surface area (Å²) in [5, 5.41) is 10.2. The topological polar surface area (TPSA) is 67.0 Å². The molecule has 2 N–H and O–H groups in total. The Hall–Kier alpha value is -1.36. The Morgan fingerprint density at radius 1 is 1.47 bits per heavy atom. The molecule has 5 heteroatoms. The highest BCUT2D eigenvalue weighted by Crippen LogP contribution is 2.33. The van der Waals surface area contributed by atoms with Gasteiger partial charge in [0.2, 0.25) is 0 Å². The van der Waals surface area contributed by atoms with Gasteiger partial charge in [-0.25, -0.2) is 0 Å². The summed E-state index contributed by atoms with van der Waals surface area (Å²) < 4.78 is 5.73. The fourth-order valence-electron chi connectivity index (χ4n) is 2.85. The molecular weight excluding hydrogens is 242 g/mol. The lowest BCUT2D eigenvalue weighted by atomic mass is 9.99. The average molecular weight is 263 g/mol. The highest BCUT2D eigenvalue weighted by atomic mass is 16.5. The van der Waals surface area contributed by atoms with E-state index in [-0.39, 0.29) is 24.2 Å². The molecule has 1 aliphatic heterocycles. The second kappa shape index (κ2) is 4.63. The minimum Gasteiger partial charge on any atom is -0.369 e. The molecule has 0 spiro atoms. The molecule has 1 amide bonds. The van der Waals surface area contributed by atoms with Crippen LogP contribution in [0.5, 0.6) is 0 Å². The lowest BCUT2D eigenvalue weighted by Gasteiger charge is -2.25. The van der Waals surface area contributed by atoms with Gasteiger partial charge in [0.1, 0.15) is 0 Å². The third-order valence-electron chi connectivity index (χ3n) is 4.14. The van der Waals surface area contributed by atoms with Crippen molar-refractivity contribution in [1.29, 1.82) is 0 Å². The molecule has 0 unspecified atom stereocenters. The number of nitrogens with one attached hydrogen (secondary N) is 2. The Morgan fingerprint density at radius 2 is 2.21 bits per heavy atom. The van der Waals surface area contributed by atoms with Gasteiger partial charge in [-0.05, 0) is 39.5 Å². The van der Waals surface area contributed by atoms with E-state index in [0.717, 1.165) is 17.7 Å². The third-order valence-corrected chi connectivity index (χ3v) is 4.14. The van der Waals surface area contributed by atoms with Crippen LogP contribution >= 0.6 is 0 Å². The molecule has 3 atom stereocenters. The first-order valence-corrected chi connectivity index (χ1v) is 7.09. The maximum Gasteiger partial charge on any atom is 0.272 e. The molecule has 5 nitrogen and oxygen atoms in total. The lowest BCUT2D eigenvalue weighted by Crippen LogP contribution is -2.35. The second-order valence-corrected chi connectivity index (χ2v) is 5.86. The number of ether oxygens (including phenoxy) is 1. The summed E-state index contributed by atoms with van der Waals surface area (Å²) in [7, 11) is 0. The average Bonchev–Trinajstić information content (AvgIpc) is 3.09. The summed E-state index contributed by atoms with van der Waals surface area (Å²) in [6, 6.07) is 0.245. The number of hydrogen-bond acceptors (Lipinski definition) is 3. The van der Waals surface area contributed by atoms with E-state index in [9.17, 15) is 4.79 Å². The van der Waals surface area contributed by atoms with Crippen LogP contribution in [0.4, 0.5) is 0 Å². The number of aromatic amines is 1. The fraction of sp³-hybridized carbons (Fsp3) is 0.714. The van der Waals surface area contributed by atoms with Gasteiger partial charge in [-0.1, -0.05) is 0 Å². The molecule has 104 valence electrons. The van der Waals surface area contributed by atoms with E-state index >= 15 is 0 Å². The van der Waals surface area contributed by atoms with Gasteiger partial charge in [-0.15, -0.1) is 0 Å². The van der Waals surface area contributed by atoms with E-state index in [1.807, 2.05) is 13.8 Å². The van der Waals surface area contributed by atoms with Gasteiger partial charge in [-0.2, -0.15) is 5.10 Å². The van der Waals surface area contributed by atoms with Gasteiger partial charge in [0.15, 0.2) is 5.69 Å². The van der Waals surface area contributed by atoms with Crippen LogP contribution in [-0.2, 0) is 11.2 Å². The first kappa shape index (κ1) is 12.7. The van der Waals surface area contributed by atoms with Gasteiger partial charge in [0, 0.05) is 18.0 Å². The first-order valence-electron chi connectivity index (χ1n) is 7.09. The molecule has 2 heterocycles. The molecule has 0 saturated heterocycles. The van der Waals surface area contributed by atoms with Crippen LogP contribution in [0.3, 0.4) is 0 Å². The highest BCUT2D eigenvalue weighted by Gasteiger charge is 2.32. The Morgan fingerprint density at radius 3 is 2.89 bits per heavy atom. The Bertz CT molecular complexity index is 493. The molecule has 1 saturated carbocycles. The maximum atomic E-state index is 12.3. The van der Waals surface area contributed by atoms with E-state index in [1.165, 1.54) is 12.8 Å². The zero-order chi connectivity index (χ0) is 13.6. The van der Waals surface area contributed by atoms with E-state index in [4.69, 9.17) is 4.74 Å². The Balaban J connectivity index is 1.79. The predicted octanol–water partition coefficient (Wildman–Crippen LogP) is 1.96. The number of aromatic nitrogens is 2. The number of carbonyl (C=O) groups is 1.